The molecule has 1 aliphatic rings. The SMILES string of the molecule is Cc1ccsc1C(C1CC1C(=O)O)N(C)C. The molecule has 88 valence electrons. The quantitative estimate of drug-likeness (QED) is 0.877. The minimum Gasteiger partial charge on any atom is -0.481 e. The van der Waals surface area contributed by atoms with E-state index in [1.54, 1.807) is 11.3 Å². The number of thiophene rings is 1. The first kappa shape index (κ1) is 11.6. The maximum absolute atomic E-state index is 10.9. The van der Waals surface area contributed by atoms with Gasteiger partial charge in [0.25, 0.3) is 0 Å². The molecule has 1 N–H and O–H groups in total. The van der Waals surface area contributed by atoms with Crippen LogP contribution in [-0.4, -0.2) is 30.1 Å². The van der Waals surface area contributed by atoms with Crippen LogP contribution in [0.1, 0.15) is 22.9 Å². The summed E-state index contributed by atoms with van der Waals surface area (Å²) < 4.78 is 0. The van der Waals surface area contributed by atoms with Crippen LogP contribution in [-0.2, 0) is 4.79 Å². The molecule has 0 amide bonds. The number of carboxylic acid groups (broad SMARTS) is 1. The fraction of sp³-hybridized carbons (Fsp3) is 0.583. The van der Waals surface area contributed by atoms with Crippen molar-refractivity contribution in [3.63, 3.8) is 0 Å². The third kappa shape index (κ3) is 1.99. The van der Waals surface area contributed by atoms with E-state index in [1.165, 1.54) is 10.4 Å². The highest BCUT2D eigenvalue weighted by molar-refractivity contribution is 7.10. The van der Waals surface area contributed by atoms with Crippen molar-refractivity contribution in [2.75, 3.05) is 14.1 Å². The van der Waals surface area contributed by atoms with E-state index >= 15 is 0 Å². The molecule has 3 atom stereocenters. The van der Waals surface area contributed by atoms with Gasteiger partial charge in [-0.05, 0) is 50.4 Å². The lowest BCUT2D eigenvalue weighted by atomic mass is 10.1. The van der Waals surface area contributed by atoms with Gasteiger partial charge >= 0.3 is 5.97 Å². The second kappa shape index (κ2) is 4.18. The van der Waals surface area contributed by atoms with Crippen molar-refractivity contribution in [2.24, 2.45) is 11.8 Å². The minimum absolute atomic E-state index is 0.145. The number of aliphatic carboxylic acids is 1. The zero-order valence-corrected chi connectivity index (χ0v) is 10.6. The van der Waals surface area contributed by atoms with Gasteiger partial charge in [0.1, 0.15) is 0 Å². The van der Waals surface area contributed by atoms with Crippen LogP contribution in [0.25, 0.3) is 0 Å². The number of aryl methyl sites for hydroxylation is 1. The smallest absolute Gasteiger partial charge is 0.306 e. The molecule has 3 unspecified atom stereocenters. The molecule has 1 saturated carbocycles. The highest BCUT2D eigenvalue weighted by Gasteiger charge is 2.49. The summed E-state index contributed by atoms with van der Waals surface area (Å²) in [5, 5.41) is 11.1. The molecule has 0 saturated heterocycles. The highest BCUT2D eigenvalue weighted by atomic mass is 32.1. The molecule has 0 aromatic carbocycles. The van der Waals surface area contributed by atoms with Crippen LogP contribution in [0.4, 0.5) is 0 Å². The average molecular weight is 239 g/mol. The normalized spacial score (nSPS) is 25.8. The largest absolute Gasteiger partial charge is 0.481 e. The number of hydrogen-bond donors (Lipinski definition) is 1. The fourth-order valence-corrected chi connectivity index (χ4v) is 3.54. The Morgan fingerprint density at radius 2 is 2.31 bits per heavy atom. The number of carbonyl (C=O) groups is 1. The zero-order chi connectivity index (χ0) is 11.9. The first-order valence-electron chi connectivity index (χ1n) is 5.45. The molecule has 16 heavy (non-hydrogen) atoms. The Kier molecular flexibility index (Phi) is 3.04. The predicted molar refractivity (Wildman–Crippen MR) is 64.7 cm³/mol. The van der Waals surface area contributed by atoms with Gasteiger partial charge in [-0.2, -0.15) is 0 Å². The summed E-state index contributed by atoms with van der Waals surface area (Å²) in [6.45, 7) is 2.10. The lowest BCUT2D eigenvalue weighted by molar-refractivity contribution is -0.139. The van der Waals surface area contributed by atoms with Crippen molar-refractivity contribution in [2.45, 2.75) is 19.4 Å². The summed E-state index contributed by atoms with van der Waals surface area (Å²) in [5.41, 5.74) is 1.28. The van der Waals surface area contributed by atoms with E-state index in [0.29, 0.717) is 0 Å². The molecule has 0 radical (unpaired) electrons. The van der Waals surface area contributed by atoms with E-state index in [-0.39, 0.29) is 17.9 Å². The predicted octanol–water partition coefficient (Wildman–Crippen LogP) is 2.38. The van der Waals surface area contributed by atoms with Gasteiger partial charge in [0.15, 0.2) is 0 Å². The Labute approximate surface area is 99.7 Å². The first-order valence-corrected chi connectivity index (χ1v) is 6.33. The van der Waals surface area contributed by atoms with Gasteiger partial charge in [0.05, 0.1) is 5.92 Å². The third-order valence-corrected chi connectivity index (χ3v) is 4.38. The molecule has 2 rings (SSSR count). The van der Waals surface area contributed by atoms with Crippen LogP contribution < -0.4 is 0 Å². The van der Waals surface area contributed by atoms with Crippen LogP contribution in [0, 0.1) is 18.8 Å². The molecule has 0 spiro atoms. The van der Waals surface area contributed by atoms with Crippen molar-refractivity contribution in [3.05, 3.63) is 21.9 Å². The van der Waals surface area contributed by atoms with E-state index in [9.17, 15) is 4.79 Å². The Bertz CT molecular complexity index is 399. The van der Waals surface area contributed by atoms with Crippen LogP contribution in [0.2, 0.25) is 0 Å². The Morgan fingerprint density at radius 3 is 2.69 bits per heavy atom. The summed E-state index contributed by atoms with van der Waals surface area (Å²) in [6, 6.07) is 2.37. The number of nitrogens with zero attached hydrogens (tertiary/aromatic N) is 1. The minimum atomic E-state index is -0.647. The summed E-state index contributed by atoms with van der Waals surface area (Å²) in [6.07, 6.45) is 0.815. The maximum atomic E-state index is 10.9. The molecule has 0 aliphatic heterocycles. The lowest BCUT2D eigenvalue weighted by Crippen LogP contribution is -2.23. The van der Waals surface area contributed by atoms with Crippen molar-refractivity contribution >= 4 is 17.3 Å². The van der Waals surface area contributed by atoms with Gasteiger partial charge in [0, 0.05) is 10.9 Å². The molecule has 1 aromatic rings. The van der Waals surface area contributed by atoms with Crippen molar-refractivity contribution in [1.29, 1.82) is 0 Å². The van der Waals surface area contributed by atoms with Crippen LogP contribution in [0.3, 0.4) is 0 Å². The van der Waals surface area contributed by atoms with Crippen molar-refractivity contribution < 1.29 is 9.90 Å². The van der Waals surface area contributed by atoms with E-state index in [4.69, 9.17) is 5.11 Å². The molecular formula is C12H17NO2S. The van der Waals surface area contributed by atoms with Crippen molar-refractivity contribution in [1.82, 2.24) is 4.90 Å². The van der Waals surface area contributed by atoms with Crippen LogP contribution in [0.5, 0.6) is 0 Å². The maximum Gasteiger partial charge on any atom is 0.306 e. The van der Waals surface area contributed by atoms with E-state index in [1.807, 2.05) is 14.1 Å². The monoisotopic (exact) mass is 239 g/mol. The first-order chi connectivity index (χ1) is 7.52. The highest BCUT2D eigenvalue weighted by Crippen LogP contribution is 2.51. The second-order valence-corrected chi connectivity index (χ2v) is 5.67. The van der Waals surface area contributed by atoms with E-state index < -0.39 is 5.97 Å². The van der Waals surface area contributed by atoms with Gasteiger partial charge in [0.2, 0.25) is 0 Å². The molecule has 1 fully saturated rings. The standard InChI is InChI=1S/C12H17NO2S/c1-7-4-5-16-11(7)10(13(2)3)8-6-9(8)12(14)15/h4-5,8-10H,6H2,1-3H3,(H,14,15). The van der Waals surface area contributed by atoms with Crippen LogP contribution in [0.15, 0.2) is 11.4 Å². The third-order valence-electron chi connectivity index (χ3n) is 3.29. The summed E-state index contributed by atoms with van der Waals surface area (Å²) >= 11 is 1.73. The molecule has 1 heterocycles. The topological polar surface area (TPSA) is 40.5 Å². The van der Waals surface area contributed by atoms with E-state index in [0.717, 1.165) is 6.42 Å². The summed E-state index contributed by atoms with van der Waals surface area (Å²) in [4.78, 5) is 14.4. The Balaban J connectivity index is 2.20. The second-order valence-electron chi connectivity index (χ2n) is 4.72. The van der Waals surface area contributed by atoms with Crippen molar-refractivity contribution in [3.8, 4) is 0 Å². The molecular weight excluding hydrogens is 222 g/mol. The van der Waals surface area contributed by atoms with Gasteiger partial charge in [-0.1, -0.05) is 0 Å². The average Bonchev–Trinajstić information content (AvgIpc) is 2.85. The summed E-state index contributed by atoms with van der Waals surface area (Å²) in [5.74, 6) is -0.509. The Morgan fingerprint density at radius 1 is 1.62 bits per heavy atom. The molecule has 1 aromatic heterocycles. The lowest BCUT2D eigenvalue weighted by Gasteiger charge is -2.24. The van der Waals surface area contributed by atoms with Gasteiger partial charge in [-0.25, -0.2) is 0 Å². The van der Waals surface area contributed by atoms with Gasteiger partial charge in [-0.3, -0.25) is 4.79 Å². The molecule has 0 bridgehead atoms. The van der Waals surface area contributed by atoms with Crippen LogP contribution >= 0.6 is 11.3 Å². The molecule has 3 nitrogen and oxygen atoms in total. The number of hydrogen-bond acceptors (Lipinski definition) is 3. The van der Waals surface area contributed by atoms with E-state index in [2.05, 4.69) is 23.3 Å². The van der Waals surface area contributed by atoms with Gasteiger partial charge < -0.3 is 10.0 Å². The molecule has 1 aliphatic carbocycles. The number of carboxylic acids is 1. The number of rotatable bonds is 4. The fourth-order valence-electron chi connectivity index (χ4n) is 2.35. The zero-order valence-electron chi connectivity index (χ0n) is 9.80. The Hall–Kier alpha value is -0.870. The summed E-state index contributed by atoms with van der Waals surface area (Å²) in [7, 11) is 4.06. The van der Waals surface area contributed by atoms with Gasteiger partial charge in [-0.15, -0.1) is 11.3 Å². The molecule has 4 heteroatoms.